The summed E-state index contributed by atoms with van der Waals surface area (Å²) in [6.07, 6.45) is 1.64. The molecule has 0 spiro atoms. The Morgan fingerprint density at radius 2 is 1.50 bits per heavy atom. The molecule has 22 heavy (non-hydrogen) atoms. The molecule has 0 bridgehead atoms. The predicted octanol–water partition coefficient (Wildman–Crippen LogP) is 3.03. The Hall–Kier alpha value is -1.78. The van der Waals surface area contributed by atoms with Crippen LogP contribution in [0.5, 0.6) is 0 Å². The van der Waals surface area contributed by atoms with Crippen LogP contribution in [0.4, 0.5) is 8.78 Å². The van der Waals surface area contributed by atoms with Crippen LogP contribution in [0, 0.1) is 11.6 Å². The summed E-state index contributed by atoms with van der Waals surface area (Å²) in [5, 5.41) is 7.09. The fourth-order valence-electron chi connectivity index (χ4n) is 3.05. The van der Waals surface area contributed by atoms with Gasteiger partial charge in [-0.25, -0.2) is 8.78 Å². The number of hydrogen-bond donors (Lipinski definition) is 2. The van der Waals surface area contributed by atoms with E-state index in [1.165, 1.54) is 24.3 Å². The van der Waals surface area contributed by atoms with E-state index in [2.05, 4.69) is 17.6 Å². The third-order valence-corrected chi connectivity index (χ3v) is 4.13. The summed E-state index contributed by atoms with van der Waals surface area (Å²) in [6, 6.07) is 13.6. The van der Waals surface area contributed by atoms with E-state index < -0.39 is 0 Å². The van der Waals surface area contributed by atoms with Crippen LogP contribution in [0.2, 0.25) is 0 Å². The molecule has 0 amide bonds. The third kappa shape index (κ3) is 3.70. The van der Waals surface area contributed by atoms with Crippen molar-refractivity contribution in [2.45, 2.75) is 31.5 Å². The molecule has 2 nitrogen and oxygen atoms in total. The van der Waals surface area contributed by atoms with E-state index in [1.54, 1.807) is 0 Å². The van der Waals surface area contributed by atoms with Crippen LogP contribution in [0.15, 0.2) is 48.5 Å². The van der Waals surface area contributed by atoms with E-state index >= 15 is 0 Å². The molecule has 2 unspecified atom stereocenters. The van der Waals surface area contributed by atoms with Gasteiger partial charge in [0.15, 0.2) is 0 Å². The summed E-state index contributed by atoms with van der Waals surface area (Å²) in [4.78, 5) is 0. The maximum atomic E-state index is 13.0. The zero-order valence-corrected chi connectivity index (χ0v) is 12.6. The van der Waals surface area contributed by atoms with Crippen LogP contribution >= 0.6 is 0 Å². The van der Waals surface area contributed by atoms with Crippen molar-refractivity contribution in [1.29, 1.82) is 0 Å². The lowest BCUT2D eigenvalue weighted by Crippen LogP contribution is -2.49. The highest BCUT2D eigenvalue weighted by Crippen LogP contribution is 2.18. The molecule has 1 aliphatic heterocycles. The van der Waals surface area contributed by atoms with Crippen LogP contribution < -0.4 is 10.6 Å². The van der Waals surface area contributed by atoms with Crippen molar-refractivity contribution >= 4 is 0 Å². The van der Waals surface area contributed by atoms with Gasteiger partial charge in [0.2, 0.25) is 0 Å². The molecule has 1 fully saturated rings. The lowest BCUT2D eigenvalue weighted by molar-refractivity contribution is 0.352. The fourth-order valence-corrected chi connectivity index (χ4v) is 3.05. The molecule has 0 aromatic heterocycles. The number of rotatable bonds is 4. The molecule has 0 aliphatic carbocycles. The first kappa shape index (κ1) is 15.1. The molecule has 1 aliphatic rings. The first-order chi connectivity index (χ1) is 10.5. The molecule has 0 radical (unpaired) electrons. The first-order valence-electron chi connectivity index (χ1n) is 7.54. The highest BCUT2D eigenvalue weighted by Gasteiger charge is 2.33. The monoisotopic (exact) mass is 302 g/mol. The minimum Gasteiger partial charge on any atom is -0.298 e. The number of halogens is 2. The fraction of sp³-hybridized carbons (Fsp3) is 0.333. The Morgan fingerprint density at radius 3 is 2.09 bits per heavy atom. The molecule has 2 N–H and O–H groups in total. The van der Waals surface area contributed by atoms with Gasteiger partial charge in [0.25, 0.3) is 0 Å². The molecule has 4 heteroatoms. The second kappa shape index (κ2) is 6.15. The highest BCUT2D eigenvalue weighted by atomic mass is 19.1. The van der Waals surface area contributed by atoms with Gasteiger partial charge in [-0.1, -0.05) is 24.3 Å². The van der Waals surface area contributed by atoms with E-state index in [9.17, 15) is 8.78 Å². The van der Waals surface area contributed by atoms with E-state index in [0.29, 0.717) is 6.04 Å². The van der Waals surface area contributed by atoms with Crippen LogP contribution in [-0.4, -0.2) is 18.2 Å². The van der Waals surface area contributed by atoms with Crippen LogP contribution in [0.25, 0.3) is 0 Å². The van der Waals surface area contributed by atoms with Crippen LogP contribution in [0.3, 0.4) is 0 Å². The topological polar surface area (TPSA) is 24.1 Å². The SMILES string of the molecule is CC1(Cc2ccc(F)cc2)NCC(Cc2ccc(F)cc2)N1. The molecule has 1 heterocycles. The van der Waals surface area contributed by atoms with E-state index in [1.807, 2.05) is 24.3 Å². The minimum absolute atomic E-state index is 0.206. The highest BCUT2D eigenvalue weighted by molar-refractivity contribution is 5.21. The second-order valence-electron chi connectivity index (χ2n) is 6.19. The normalized spacial score (nSPS) is 24.6. The molecular formula is C18H20F2N2. The van der Waals surface area contributed by atoms with Gasteiger partial charge < -0.3 is 0 Å². The smallest absolute Gasteiger partial charge is 0.123 e. The summed E-state index contributed by atoms with van der Waals surface area (Å²) < 4.78 is 25.9. The molecule has 3 rings (SSSR count). The maximum absolute atomic E-state index is 13.0. The zero-order valence-electron chi connectivity index (χ0n) is 12.6. The van der Waals surface area contributed by atoms with Gasteiger partial charge in [-0.2, -0.15) is 0 Å². The maximum Gasteiger partial charge on any atom is 0.123 e. The van der Waals surface area contributed by atoms with Crippen molar-refractivity contribution < 1.29 is 8.78 Å². The predicted molar refractivity (Wildman–Crippen MR) is 83.5 cm³/mol. The molecule has 2 atom stereocenters. The Labute approximate surface area is 129 Å². The third-order valence-electron chi connectivity index (χ3n) is 4.13. The standard InChI is InChI=1S/C18H20F2N2/c1-18(11-14-4-8-16(20)9-5-14)21-12-17(22-18)10-13-2-6-15(19)7-3-13/h2-9,17,21-22H,10-12H2,1H3. The van der Waals surface area contributed by atoms with Crippen molar-refractivity contribution in [1.82, 2.24) is 10.6 Å². The average molecular weight is 302 g/mol. The van der Waals surface area contributed by atoms with Crippen molar-refractivity contribution in [3.63, 3.8) is 0 Å². The van der Waals surface area contributed by atoms with Gasteiger partial charge in [-0.15, -0.1) is 0 Å². The molecule has 2 aromatic rings. The van der Waals surface area contributed by atoms with E-state index in [0.717, 1.165) is 30.5 Å². The summed E-state index contributed by atoms with van der Waals surface area (Å²) in [5.41, 5.74) is 2.00. The largest absolute Gasteiger partial charge is 0.298 e. The summed E-state index contributed by atoms with van der Waals surface area (Å²) in [5.74, 6) is -0.419. The van der Waals surface area contributed by atoms with Gasteiger partial charge in [0.05, 0.1) is 5.66 Å². The van der Waals surface area contributed by atoms with Crippen molar-refractivity contribution in [2.75, 3.05) is 6.54 Å². The summed E-state index contributed by atoms with van der Waals surface area (Å²) in [7, 11) is 0. The Balaban J connectivity index is 1.60. The summed E-state index contributed by atoms with van der Waals surface area (Å²) >= 11 is 0. The zero-order chi connectivity index (χ0) is 15.6. The van der Waals surface area contributed by atoms with Crippen molar-refractivity contribution in [3.8, 4) is 0 Å². The lowest BCUT2D eigenvalue weighted by Gasteiger charge is -2.26. The molecule has 116 valence electrons. The molecule has 2 aromatic carbocycles. The van der Waals surface area contributed by atoms with E-state index in [-0.39, 0.29) is 17.3 Å². The first-order valence-corrected chi connectivity index (χ1v) is 7.54. The van der Waals surface area contributed by atoms with Gasteiger partial charge >= 0.3 is 0 Å². The van der Waals surface area contributed by atoms with Gasteiger partial charge in [-0.3, -0.25) is 10.6 Å². The average Bonchev–Trinajstić information content (AvgIpc) is 2.85. The lowest BCUT2D eigenvalue weighted by atomic mass is 10.0. The number of hydrogen-bond acceptors (Lipinski definition) is 2. The van der Waals surface area contributed by atoms with Gasteiger partial charge in [0, 0.05) is 19.0 Å². The van der Waals surface area contributed by atoms with Crippen LogP contribution in [0.1, 0.15) is 18.1 Å². The van der Waals surface area contributed by atoms with Gasteiger partial charge in [0.1, 0.15) is 11.6 Å². The number of benzene rings is 2. The van der Waals surface area contributed by atoms with E-state index in [4.69, 9.17) is 0 Å². The Bertz CT molecular complexity index is 625. The second-order valence-corrected chi connectivity index (χ2v) is 6.19. The quantitative estimate of drug-likeness (QED) is 0.907. The Morgan fingerprint density at radius 1 is 0.955 bits per heavy atom. The van der Waals surface area contributed by atoms with Crippen LogP contribution in [-0.2, 0) is 12.8 Å². The minimum atomic E-state index is -0.213. The number of nitrogens with one attached hydrogen (secondary N) is 2. The van der Waals surface area contributed by atoms with Crippen molar-refractivity contribution in [2.24, 2.45) is 0 Å². The van der Waals surface area contributed by atoms with Crippen molar-refractivity contribution in [3.05, 3.63) is 71.3 Å². The Kier molecular flexibility index (Phi) is 4.23. The summed E-state index contributed by atoms with van der Waals surface area (Å²) in [6.45, 7) is 2.97. The molecular weight excluding hydrogens is 282 g/mol. The molecule has 1 saturated heterocycles. The van der Waals surface area contributed by atoms with Gasteiger partial charge in [-0.05, 0) is 48.7 Å². The molecule has 0 saturated carbocycles.